The Morgan fingerprint density at radius 1 is 0.879 bits per heavy atom. The van der Waals surface area contributed by atoms with Gasteiger partial charge in [-0.25, -0.2) is 21.6 Å². The maximum Gasteiger partial charge on any atom is 0.480 e. The first kappa shape index (κ1) is 33.8. The molecule has 0 fully saturated rings. The van der Waals surface area contributed by atoms with Gasteiger partial charge in [0.1, 0.15) is 0 Å². The van der Waals surface area contributed by atoms with Gasteiger partial charge in [0.15, 0.2) is 20.0 Å². The van der Waals surface area contributed by atoms with Crippen LogP contribution >= 0.6 is 0 Å². The molecule has 0 saturated heterocycles. The molecule has 8 nitrogen and oxygen atoms in total. The molecule has 0 rings (SSSR count). The van der Waals surface area contributed by atoms with Gasteiger partial charge in [-0.3, -0.25) is 0 Å². The second-order valence-electron chi connectivity index (χ2n) is 7.01. The lowest BCUT2D eigenvalue weighted by Crippen LogP contribution is -2.49. The monoisotopic (exact) mass is 536 g/mol. The number of sulfonamides is 2. The first-order valence-corrected chi connectivity index (χ1v) is 12.6. The molecule has 0 aliphatic heterocycles. The van der Waals surface area contributed by atoms with E-state index in [0.717, 1.165) is 28.1 Å². The minimum absolute atomic E-state index is 0.268. The standard InChI is InChI=1S/C15H30NO2.C2F6NO4S2/c1-6-10-16(8-3,11-7-2)12-9-13-18-15(17)14(4)5;3-1(4,5)14(10,11)9-15(12,13)2(6,7)8/h4,6-13H2,1-3,5H3;/q+1;-1. The van der Waals surface area contributed by atoms with Crippen LogP contribution in [0.4, 0.5) is 26.3 Å². The number of halogens is 6. The summed E-state index contributed by atoms with van der Waals surface area (Å²) in [7, 11) is -13.4. The largest absolute Gasteiger partial charge is 0.480 e. The summed E-state index contributed by atoms with van der Waals surface area (Å²) in [6, 6.07) is 0. The Labute approximate surface area is 190 Å². The molecule has 0 atom stereocenters. The average Bonchev–Trinajstić information content (AvgIpc) is 2.63. The Morgan fingerprint density at radius 2 is 1.27 bits per heavy atom. The summed E-state index contributed by atoms with van der Waals surface area (Å²) in [4.78, 5) is 11.3. The highest BCUT2D eigenvalue weighted by atomic mass is 32.3. The summed E-state index contributed by atoms with van der Waals surface area (Å²) in [5.41, 5.74) is -11.9. The van der Waals surface area contributed by atoms with Crippen molar-refractivity contribution in [2.45, 2.75) is 58.0 Å². The van der Waals surface area contributed by atoms with Gasteiger partial charge in [0.05, 0.1) is 32.8 Å². The van der Waals surface area contributed by atoms with Gasteiger partial charge in [-0.2, -0.15) is 26.3 Å². The van der Waals surface area contributed by atoms with Crippen molar-refractivity contribution in [1.82, 2.24) is 0 Å². The van der Waals surface area contributed by atoms with Gasteiger partial charge >= 0.3 is 17.0 Å². The molecule has 0 aliphatic rings. The molecule has 0 amide bonds. The maximum atomic E-state index is 11.4. The molecule has 0 bridgehead atoms. The minimum atomic E-state index is -6.72. The zero-order valence-electron chi connectivity index (χ0n) is 18.8. The van der Waals surface area contributed by atoms with Crippen molar-refractivity contribution in [1.29, 1.82) is 0 Å². The minimum Gasteiger partial charge on any atom is -0.462 e. The molecule has 0 aromatic carbocycles. The predicted molar refractivity (Wildman–Crippen MR) is 110 cm³/mol. The highest BCUT2D eigenvalue weighted by Crippen LogP contribution is 2.36. The van der Waals surface area contributed by atoms with Crippen molar-refractivity contribution in [2.75, 3.05) is 32.8 Å². The molecule has 0 radical (unpaired) electrons. The lowest BCUT2D eigenvalue weighted by atomic mass is 10.2. The molecular formula is C17H30F6N2O6S2. The average molecular weight is 537 g/mol. The number of rotatable bonds is 12. The van der Waals surface area contributed by atoms with Gasteiger partial charge in [-0.15, -0.1) is 0 Å². The van der Waals surface area contributed by atoms with E-state index in [-0.39, 0.29) is 5.97 Å². The van der Waals surface area contributed by atoms with E-state index in [0.29, 0.717) is 12.2 Å². The van der Waals surface area contributed by atoms with Crippen LogP contribution in [0.2, 0.25) is 0 Å². The van der Waals surface area contributed by atoms with Crippen molar-refractivity contribution >= 4 is 26.0 Å². The van der Waals surface area contributed by atoms with Crippen molar-refractivity contribution in [3.63, 3.8) is 0 Å². The third-order valence-corrected chi connectivity index (χ3v) is 6.95. The lowest BCUT2D eigenvalue weighted by molar-refractivity contribution is -0.926. The van der Waals surface area contributed by atoms with Gasteiger partial charge in [0, 0.05) is 12.0 Å². The fourth-order valence-corrected chi connectivity index (χ4v) is 4.37. The number of ether oxygens (including phenoxy) is 1. The van der Waals surface area contributed by atoms with Gasteiger partial charge in [-0.1, -0.05) is 20.4 Å². The summed E-state index contributed by atoms with van der Waals surface area (Å²) < 4.78 is 115. The van der Waals surface area contributed by atoms with Crippen molar-refractivity contribution in [3.05, 3.63) is 16.3 Å². The Bertz CT molecular complexity index is 791. The van der Waals surface area contributed by atoms with E-state index in [9.17, 15) is 48.0 Å². The second kappa shape index (κ2) is 13.5. The second-order valence-corrected chi connectivity index (χ2v) is 10.4. The number of alkyl halides is 6. The Morgan fingerprint density at radius 3 is 1.55 bits per heavy atom. The molecule has 0 aromatic rings. The van der Waals surface area contributed by atoms with Crippen LogP contribution in [0.1, 0.15) is 47.0 Å². The van der Waals surface area contributed by atoms with Gasteiger partial charge < -0.3 is 13.3 Å². The molecule has 0 aromatic heterocycles. The van der Waals surface area contributed by atoms with Gasteiger partial charge in [0.25, 0.3) is 0 Å². The number of carbonyl (C=O) groups excluding carboxylic acids is 1. The Kier molecular flexibility index (Phi) is 13.8. The third kappa shape index (κ3) is 12.0. The van der Waals surface area contributed by atoms with Crippen LogP contribution in [-0.2, 0) is 29.6 Å². The molecule has 16 heteroatoms. The normalized spacial score (nSPS) is 13.2. The highest BCUT2D eigenvalue weighted by molar-refractivity contribution is 8.13. The predicted octanol–water partition coefficient (Wildman–Crippen LogP) is 4.21. The van der Waals surface area contributed by atoms with Crippen molar-refractivity contribution in [3.8, 4) is 0 Å². The molecule has 33 heavy (non-hydrogen) atoms. The first-order valence-electron chi connectivity index (χ1n) is 9.76. The van der Waals surface area contributed by atoms with E-state index >= 15 is 0 Å². The third-order valence-electron chi connectivity index (χ3n) is 4.21. The van der Waals surface area contributed by atoms with Gasteiger partial charge in [0.2, 0.25) is 0 Å². The number of quaternary nitrogens is 1. The van der Waals surface area contributed by atoms with Crippen molar-refractivity contribution in [2.24, 2.45) is 0 Å². The van der Waals surface area contributed by atoms with Crippen LogP contribution in [0.15, 0.2) is 12.2 Å². The highest BCUT2D eigenvalue weighted by Gasteiger charge is 2.46. The molecule has 198 valence electrons. The fraction of sp³-hybridized carbons (Fsp3) is 0.824. The smallest absolute Gasteiger partial charge is 0.462 e. The molecule has 0 unspecified atom stereocenters. The molecule has 0 heterocycles. The van der Waals surface area contributed by atoms with Crippen LogP contribution in [-0.4, -0.2) is 71.1 Å². The van der Waals surface area contributed by atoms with E-state index < -0.39 is 31.1 Å². The van der Waals surface area contributed by atoms with Gasteiger partial charge in [-0.05, 0) is 26.7 Å². The van der Waals surface area contributed by atoms with E-state index in [1.165, 1.54) is 25.9 Å². The molecule has 0 spiro atoms. The number of hydrogen-bond acceptors (Lipinski definition) is 6. The van der Waals surface area contributed by atoms with E-state index in [4.69, 9.17) is 4.74 Å². The number of hydrogen-bond donors (Lipinski definition) is 0. The van der Waals surface area contributed by atoms with Crippen LogP contribution in [0.3, 0.4) is 0 Å². The van der Waals surface area contributed by atoms with E-state index in [1.54, 1.807) is 6.92 Å². The number of nitrogens with zero attached hydrogens (tertiary/aromatic N) is 2. The SMILES string of the molecule is C=C(C)C(=O)OCCC[N+](CC)(CCC)CCC.O=S(=O)([N-]S(=O)(=O)C(F)(F)F)C(F)(F)F. The van der Waals surface area contributed by atoms with Crippen LogP contribution < -0.4 is 0 Å². The Balaban J connectivity index is 0. The zero-order valence-corrected chi connectivity index (χ0v) is 20.4. The summed E-state index contributed by atoms with van der Waals surface area (Å²) in [6.45, 7) is 17.2. The molecule has 0 N–H and O–H groups in total. The van der Waals surface area contributed by atoms with Crippen LogP contribution in [0, 0.1) is 0 Å². The van der Waals surface area contributed by atoms with E-state index in [1.807, 2.05) is 0 Å². The first-order chi connectivity index (χ1) is 14.7. The topological polar surface area (TPSA) is 109 Å². The van der Waals surface area contributed by atoms with Crippen molar-refractivity contribution < 1.29 is 57.2 Å². The Hall–Kier alpha value is -1.39. The fourth-order valence-electron chi connectivity index (χ4n) is 2.66. The summed E-state index contributed by atoms with van der Waals surface area (Å²) in [5, 5.41) is 0. The van der Waals surface area contributed by atoms with Crippen LogP contribution in [0.25, 0.3) is 4.13 Å². The quantitative estimate of drug-likeness (QED) is 0.122. The number of esters is 1. The zero-order chi connectivity index (χ0) is 26.7. The maximum absolute atomic E-state index is 11.4. The van der Waals surface area contributed by atoms with E-state index in [2.05, 4.69) is 27.4 Å². The molecular weight excluding hydrogens is 506 g/mol. The summed E-state index contributed by atoms with van der Waals surface area (Å²) >= 11 is 0. The van der Waals surface area contributed by atoms with Crippen LogP contribution in [0.5, 0.6) is 0 Å². The molecule has 0 saturated carbocycles. The lowest BCUT2D eigenvalue weighted by Gasteiger charge is -2.37. The summed E-state index contributed by atoms with van der Waals surface area (Å²) in [5.74, 6) is -0.268. The summed E-state index contributed by atoms with van der Waals surface area (Å²) in [6.07, 6.45) is 3.35. The number of carbonyl (C=O) groups is 1. The molecule has 0 aliphatic carbocycles.